The summed E-state index contributed by atoms with van der Waals surface area (Å²) in [5.41, 5.74) is 2.50. The standard InChI is InChI=1S/C26H37ClN4O2/c1-4-24(32)30-14-11-29(12-15-30)13-16-31(25(33)28-22-9-7-21(27)8-10-22)18-19-5-6-20-17-23(19)26(20,2)3/h5,7-10,20,23H,4,6,11-18H2,1-3H3,(H,28,33). The predicted octanol–water partition coefficient (Wildman–Crippen LogP) is 4.72. The Bertz CT molecular complexity index is 890. The number of benzene rings is 1. The molecule has 2 unspecified atom stereocenters. The zero-order valence-corrected chi connectivity index (χ0v) is 20.9. The topological polar surface area (TPSA) is 55.9 Å². The Labute approximate surface area is 202 Å². The SMILES string of the molecule is CCC(=O)N1CCN(CCN(CC2=CCC3CC2C3(C)C)C(=O)Nc2ccc(Cl)cc2)CC1. The van der Waals surface area contributed by atoms with Crippen molar-refractivity contribution in [2.24, 2.45) is 17.3 Å². The summed E-state index contributed by atoms with van der Waals surface area (Å²) < 4.78 is 0. The zero-order chi connectivity index (χ0) is 23.6. The number of rotatable bonds is 7. The van der Waals surface area contributed by atoms with Gasteiger partial charge in [-0.05, 0) is 54.4 Å². The van der Waals surface area contributed by atoms with Gasteiger partial charge in [-0.25, -0.2) is 4.79 Å². The smallest absolute Gasteiger partial charge is 0.322 e. The van der Waals surface area contributed by atoms with Gasteiger partial charge >= 0.3 is 6.03 Å². The number of hydrogen-bond acceptors (Lipinski definition) is 3. The van der Waals surface area contributed by atoms with Crippen molar-refractivity contribution in [1.29, 1.82) is 0 Å². The predicted molar refractivity (Wildman–Crippen MR) is 133 cm³/mol. The third kappa shape index (κ3) is 5.38. The molecule has 4 aliphatic rings. The second-order valence-corrected chi connectivity index (χ2v) is 10.7. The third-order valence-corrected chi connectivity index (χ3v) is 8.30. The van der Waals surface area contributed by atoms with Crippen molar-refractivity contribution in [1.82, 2.24) is 14.7 Å². The molecule has 1 aliphatic heterocycles. The number of piperazine rings is 1. The van der Waals surface area contributed by atoms with Crippen LogP contribution in [-0.4, -0.2) is 72.5 Å². The average Bonchev–Trinajstić information content (AvgIpc) is 2.82. The quantitative estimate of drug-likeness (QED) is 0.584. The molecule has 1 saturated carbocycles. The number of halogens is 1. The Morgan fingerprint density at radius 3 is 2.45 bits per heavy atom. The van der Waals surface area contributed by atoms with E-state index >= 15 is 0 Å². The molecule has 2 bridgehead atoms. The number of nitrogens with one attached hydrogen (secondary N) is 1. The summed E-state index contributed by atoms with van der Waals surface area (Å²) in [6.45, 7) is 12.1. The van der Waals surface area contributed by atoms with Crippen LogP contribution in [0.25, 0.3) is 0 Å². The maximum Gasteiger partial charge on any atom is 0.322 e. The Morgan fingerprint density at radius 1 is 1.15 bits per heavy atom. The number of carbonyl (C=O) groups excluding carboxylic acids is 2. The van der Waals surface area contributed by atoms with Crippen molar-refractivity contribution in [3.63, 3.8) is 0 Å². The molecule has 1 N–H and O–H groups in total. The fourth-order valence-corrected chi connectivity index (χ4v) is 5.70. The van der Waals surface area contributed by atoms with Gasteiger partial charge in [0.1, 0.15) is 0 Å². The highest BCUT2D eigenvalue weighted by Crippen LogP contribution is 2.59. The van der Waals surface area contributed by atoms with E-state index in [0.717, 1.165) is 50.7 Å². The van der Waals surface area contributed by atoms with Crippen LogP contribution in [0.5, 0.6) is 0 Å². The number of hydrogen-bond donors (Lipinski definition) is 1. The minimum atomic E-state index is -0.0720. The Balaban J connectivity index is 1.39. The van der Waals surface area contributed by atoms with Crippen LogP contribution in [0.3, 0.4) is 0 Å². The summed E-state index contributed by atoms with van der Waals surface area (Å²) in [6, 6.07) is 7.18. The van der Waals surface area contributed by atoms with Gasteiger partial charge in [0.05, 0.1) is 0 Å². The molecule has 1 heterocycles. The highest BCUT2D eigenvalue weighted by atomic mass is 35.5. The van der Waals surface area contributed by atoms with Gasteiger partial charge in [0.25, 0.3) is 0 Å². The van der Waals surface area contributed by atoms with Crippen molar-refractivity contribution < 1.29 is 9.59 Å². The molecular weight excluding hydrogens is 436 g/mol. The fourth-order valence-electron chi connectivity index (χ4n) is 5.57. The van der Waals surface area contributed by atoms with Crippen molar-refractivity contribution in [3.05, 3.63) is 40.9 Å². The summed E-state index contributed by atoms with van der Waals surface area (Å²) in [7, 11) is 0. The zero-order valence-electron chi connectivity index (χ0n) is 20.1. The molecule has 0 radical (unpaired) electrons. The lowest BCUT2D eigenvalue weighted by molar-refractivity contribution is -0.132. The summed E-state index contributed by atoms with van der Waals surface area (Å²) in [4.78, 5) is 31.5. The normalized spacial score (nSPS) is 24.0. The summed E-state index contributed by atoms with van der Waals surface area (Å²) >= 11 is 6.00. The minimum absolute atomic E-state index is 0.0720. The first-order valence-electron chi connectivity index (χ1n) is 12.3. The van der Waals surface area contributed by atoms with Crippen LogP contribution >= 0.6 is 11.6 Å². The fraction of sp³-hybridized carbons (Fsp3) is 0.615. The van der Waals surface area contributed by atoms with Gasteiger partial charge in [-0.15, -0.1) is 0 Å². The molecule has 33 heavy (non-hydrogen) atoms. The first-order valence-corrected chi connectivity index (χ1v) is 12.7. The van der Waals surface area contributed by atoms with Gasteiger partial charge in [-0.3, -0.25) is 9.69 Å². The van der Waals surface area contributed by atoms with Gasteiger partial charge in [-0.1, -0.05) is 44.0 Å². The van der Waals surface area contributed by atoms with Crippen LogP contribution in [0.2, 0.25) is 5.02 Å². The number of urea groups is 1. The van der Waals surface area contributed by atoms with Gasteiger partial charge in [0, 0.05) is 62.9 Å². The third-order valence-electron chi connectivity index (χ3n) is 8.05. The van der Waals surface area contributed by atoms with E-state index in [1.807, 2.05) is 28.9 Å². The molecule has 1 saturated heterocycles. The largest absolute Gasteiger partial charge is 0.340 e. The van der Waals surface area contributed by atoms with Crippen LogP contribution in [0, 0.1) is 17.3 Å². The summed E-state index contributed by atoms with van der Waals surface area (Å²) in [6.07, 6.45) is 5.31. The van der Waals surface area contributed by atoms with Gasteiger partial charge in [0.2, 0.25) is 5.91 Å². The van der Waals surface area contributed by atoms with E-state index < -0.39 is 0 Å². The molecule has 2 fully saturated rings. The molecule has 1 aromatic rings. The van der Waals surface area contributed by atoms with E-state index in [2.05, 4.69) is 30.1 Å². The van der Waals surface area contributed by atoms with Crippen molar-refractivity contribution >= 4 is 29.2 Å². The lowest BCUT2D eigenvalue weighted by Gasteiger charge is -2.57. The van der Waals surface area contributed by atoms with Crippen LogP contribution < -0.4 is 5.32 Å². The Morgan fingerprint density at radius 2 is 1.85 bits per heavy atom. The Hall–Kier alpha value is -2.05. The molecule has 0 spiro atoms. The molecule has 180 valence electrons. The van der Waals surface area contributed by atoms with Crippen LogP contribution in [0.15, 0.2) is 35.9 Å². The molecular formula is C26H37ClN4O2. The van der Waals surface area contributed by atoms with Crippen molar-refractivity contribution in [2.45, 2.75) is 40.0 Å². The minimum Gasteiger partial charge on any atom is -0.340 e. The molecule has 2 atom stereocenters. The van der Waals surface area contributed by atoms with Gasteiger partial charge < -0.3 is 15.1 Å². The average molecular weight is 473 g/mol. The van der Waals surface area contributed by atoms with Crippen LogP contribution in [0.4, 0.5) is 10.5 Å². The van der Waals surface area contributed by atoms with E-state index in [1.54, 1.807) is 12.1 Å². The van der Waals surface area contributed by atoms with E-state index in [1.165, 1.54) is 12.0 Å². The number of fused-ring (bicyclic) bond motifs is 1. The second-order valence-electron chi connectivity index (χ2n) is 10.3. The van der Waals surface area contributed by atoms with Crippen LogP contribution in [0.1, 0.15) is 40.0 Å². The lowest BCUT2D eigenvalue weighted by Crippen LogP contribution is -2.52. The van der Waals surface area contributed by atoms with Crippen molar-refractivity contribution in [2.75, 3.05) is 51.1 Å². The maximum atomic E-state index is 13.3. The molecule has 1 aromatic carbocycles. The number of nitrogens with zero attached hydrogens (tertiary/aromatic N) is 3. The number of carbonyl (C=O) groups is 2. The lowest BCUT2D eigenvalue weighted by atomic mass is 9.49. The molecule has 6 nitrogen and oxygen atoms in total. The first-order chi connectivity index (χ1) is 15.8. The number of amides is 3. The van der Waals surface area contributed by atoms with E-state index in [4.69, 9.17) is 11.6 Å². The van der Waals surface area contributed by atoms with E-state index in [-0.39, 0.29) is 11.9 Å². The second kappa shape index (κ2) is 10.1. The van der Waals surface area contributed by atoms with Gasteiger partial charge in [0.15, 0.2) is 0 Å². The molecule has 0 aromatic heterocycles. The highest BCUT2D eigenvalue weighted by Gasteiger charge is 2.51. The van der Waals surface area contributed by atoms with Crippen molar-refractivity contribution in [3.8, 4) is 0 Å². The Kier molecular flexibility index (Phi) is 7.34. The molecule has 5 rings (SSSR count). The van der Waals surface area contributed by atoms with E-state index in [9.17, 15) is 9.59 Å². The van der Waals surface area contributed by atoms with Gasteiger partial charge in [-0.2, -0.15) is 0 Å². The highest BCUT2D eigenvalue weighted by molar-refractivity contribution is 6.30. The molecule has 3 amide bonds. The number of allylic oxidation sites excluding steroid dienone is 1. The van der Waals surface area contributed by atoms with E-state index in [0.29, 0.717) is 35.9 Å². The van der Waals surface area contributed by atoms with Crippen LogP contribution in [-0.2, 0) is 4.79 Å². The maximum absolute atomic E-state index is 13.3. The summed E-state index contributed by atoms with van der Waals surface area (Å²) in [5.74, 6) is 1.58. The number of anilines is 1. The monoisotopic (exact) mass is 472 g/mol. The first kappa shape index (κ1) is 24.1. The molecule has 7 heteroatoms. The molecule has 3 aliphatic carbocycles. The summed E-state index contributed by atoms with van der Waals surface area (Å²) in [5, 5.41) is 3.71.